The number of carbonyl (C=O) groups is 1. The highest BCUT2D eigenvalue weighted by Crippen LogP contribution is 2.20. The number of rotatable bonds is 5. The number of carbonyl (C=O) groups excluding carboxylic acids is 1. The van der Waals surface area contributed by atoms with Crippen LogP contribution in [-0.2, 0) is 11.2 Å². The molecular weight excluding hydrogens is 302 g/mol. The molecule has 2 rings (SSSR count). The molecule has 23 heavy (non-hydrogen) atoms. The monoisotopic (exact) mass is 320 g/mol. The molecule has 1 aromatic heterocycles. The van der Waals surface area contributed by atoms with Crippen LogP contribution >= 0.6 is 0 Å². The molecule has 0 saturated heterocycles. The van der Waals surface area contributed by atoms with Crippen molar-refractivity contribution in [3.63, 3.8) is 0 Å². The minimum atomic E-state index is -2.86. The number of pyridine rings is 1. The number of nitrogens with zero attached hydrogens (tertiary/aromatic N) is 1. The van der Waals surface area contributed by atoms with E-state index in [1.54, 1.807) is 12.1 Å². The van der Waals surface area contributed by atoms with Crippen LogP contribution < -0.4 is 10.1 Å². The van der Waals surface area contributed by atoms with Gasteiger partial charge in [0.15, 0.2) is 0 Å². The third kappa shape index (κ3) is 4.74. The van der Waals surface area contributed by atoms with Gasteiger partial charge in [-0.15, -0.1) is 0 Å². The van der Waals surface area contributed by atoms with Gasteiger partial charge in [0.1, 0.15) is 5.75 Å². The van der Waals surface area contributed by atoms with Crippen LogP contribution in [0, 0.1) is 20.8 Å². The lowest BCUT2D eigenvalue weighted by Gasteiger charge is -2.12. The van der Waals surface area contributed by atoms with E-state index in [2.05, 4.69) is 15.0 Å². The highest BCUT2D eigenvalue weighted by atomic mass is 19.3. The molecule has 0 spiro atoms. The fourth-order valence-electron chi connectivity index (χ4n) is 2.37. The molecule has 0 aliphatic rings. The van der Waals surface area contributed by atoms with Crippen molar-refractivity contribution in [1.29, 1.82) is 0 Å². The summed E-state index contributed by atoms with van der Waals surface area (Å²) in [6.45, 7) is 2.79. The lowest BCUT2D eigenvalue weighted by atomic mass is 10.1. The Hall–Kier alpha value is -2.50. The van der Waals surface area contributed by atoms with Gasteiger partial charge in [0, 0.05) is 5.69 Å². The van der Waals surface area contributed by atoms with Crippen molar-refractivity contribution < 1.29 is 18.3 Å². The second-order valence-corrected chi connectivity index (χ2v) is 5.29. The second kappa shape index (κ2) is 7.17. The first-order valence-electron chi connectivity index (χ1n) is 7.13. The molecule has 6 heteroatoms. The zero-order valence-corrected chi connectivity index (χ0v) is 13.2. The Morgan fingerprint density at radius 3 is 2.43 bits per heavy atom. The van der Waals surface area contributed by atoms with Gasteiger partial charge in [-0.25, -0.2) is 0 Å². The molecule has 4 nitrogen and oxygen atoms in total. The number of hydrogen-bond acceptors (Lipinski definition) is 3. The molecule has 1 heterocycles. The number of anilines is 1. The van der Waals surface area contributed by atoms with E-state index in [1.165, 1.54) is 12.1 Å². The topological polar surface area (TPSA) is 51.2 Å². The summed E-state index contributed by atoms with van der Waals surface area (Å²) >= 11 is 0. The lowest BCUT2D eigenvalue weighted by Crippen LogP contribution is -2.16. The quantitative estimate of drug-likeness (QED) is 0.912. The van der Waals surface area contributed by atoms with E-state index >= 15 is 0 Å². The first-order valence-corrected chi connectivity index (χ1v) is 7.13. The van der Waals surface area contributed by atoms with Crippen LogP contribution in [0.25, 0.3) is 0 Å². The molecule has 0 atom stereocenters. The zero-order valence-electron chi connectivity index (χ0n) is 13.2. The molecule has 0 bridgehead atoms. The van der Waals surface area contributed by atoms with Crippen molar-refractivity contribution in [2.75, 3.05) is 5.32 Å². The minimum absolute atomic E-state index is 0.0681. The molecule has 1 amide bonds. The Morgan fingerprint density at radius 2 is 1.87 bits per heavy atom. The van der Waals surface area contributed by atoms with Crippen molar-refractivity contribution in [1.82, 2.24) is 4.98 Å². The van der Waals surface area contributed by atoms with Crippen LogP contribution in [0.5, 0.6) is 5.75 Å². The summed E-state index contributed by atoms with van der Waals surface area (Å²) < 4.78 is 28.4. The summed E-state index contributed by atoms with van der Waals surface area (Å²) in [4.78, 5) is 16.5. The molecule has 0 aliphatic carbocycles. The average Bonchev–Trinajstić information content (AvgIpc) is 2.44. The van der Waals surface area contributed by atoms with Gasteiger partial charge in [-0.3, -0.25) is 9.78 Å². The number of halogens is 2. The maximum Gasteiger partial charge on any atom is 0.387 e. The number of ether oxygens (including phenoxy) is 1. The standard InChI is InChI=1S/C17H18F2N2O2/c1-10-8-11(2)20-12(3)16(10)21-15(22)9-13-4-6-14(7-5-13)23-17(18)19/h4-8,17H,9H2,1-3H3,(H,21,22). The van der Waals surface area contributed by atoms with Crippen LogP contribution in [0.3, 0.4) is 0 Å². The fourth-order valence-corrected chi connectivity index (χ4v) is 2.37. The number of amides is 1. The molecule has 1 N–H and O–H groups in total. The van der Waals surface area contributed by atoms with Crippen molar-refractivity contribution in [2.24, 2.45) is 0 Å². The van der Waals surface area contributed by atoms with E-state index in [4.69, 9.17) is 0 Å². The number of hydrogen-bond donors (Lipinski definition) is 1. The van der Waals surface area contributed by atoms with Gasteiger partial charge >= 0.3 is 6.61 Å². The molecule has 2 aromatic rings. The van der Waals surface area contributed by atoms with Crippen LogP contribution in [0.4, 0.5) is 14.5 Å². The van der Waals surface area contributed by atoms with E-state index in [-0.39, 0.29) is 18.1 Å². The fraction of sp³-hybridized carbons (Fsp3) is 0.294. The predicted octanol–water partition coefficient (Wildman–Crippen LogP) is 3.79. The Labute approximate surface area is 133 Å². The number of benzene rings is 1. The summed E-state index contributed by atoms with van der Waals surface area (Å²) in [6, 6.07) is 7.91. The van der Waals surface area contributed by atoms with Gasteiger partial charge < -0.3 is 10.1 Å². The number of nitrogens with one attached hydrogen (secondary N) is 1. The highest BCUT2D eigenvalue weighted by molar-refractivity contribution is 5.93. The molecular formula is C17H18F2N2O2. The molecule has 122 valence electrons. The summed E-state index contributed by atoms with van der Waals surface area (Å²) in [5.41, 5.74) is 4.02. The van der Waals surface area contributed by atoms with Gasteiger partial charge in [0.05, 0.1) is 17.8 Å². The van der Waals surface area contributed by atoms with Gasteiger partial charge in [-0.05, 0) is 50.1 Å². The molecule has 1 aromatic carbocycles. The summed E-state index contributed by atoms with van der Waals surface area (Å²) in [5, 5.41) is 2.85. The Kier molecular flexibility index (Phi) is 5.26. The second-order valence-electron chi connectivity index (χ2n) is 5.29. The normalized spacial score (nSPS) is 10.7. The predicted molar refractivity (Wildman–Crippen MR) is 83.9 cm³/mol. The average molecular weight is 320 g/mol. The van der Waals surface area contributed by atoms with E-state index in [0.29, 0.717) is 11.3 Å². The number of aromatic nitrogens is 1. The number of aryl methyl sites for hydroxylation is 3. The third-order valence-electron chi connectivity index (χ3n) is 3.30. The van der Waals surface area contributed by atoms with Crippen LogP contribution in [0.1, 0.15) is 22.5 Å². The molecule has 0 fully saturated rings. The first kappa shape index (κ1) is 16.9. The van der Waals surface area contributed by atoms with E-state index < -0.39 is 6.61 Å². The minimum Gasteiger partial charge on any atom is -0.435 e. The zero-order chi connectivity index (χ0) is 17.0. The van der Waals surface area contributed by atoms with Gasteiger partial charge in [0.2, 0.25) is 5.91 Å². The Balaban J connectivity index is 2.02. The maximum absolute atomic E-state index is 12.1. The molecule has 0 unspecified atom stereocenters. The third-order valence-corrected chi connectivity index (χ3v) is 3.30. The SMILES string of the molecule is Cc1cc(C)c(NC(=O)Cc2ccc(OC(F)F)cc2)c(C)n1. The lowest BCUT2D eigenvalue weighted by molar-refractivity contribution is -0.115. The van der Waals surface area contributed by atoms with Gasteiger partial charge in [-0.2, -0.15) is 8.78 Å². The number of alkyl halides is 2. The van der Waals surface area contributed by atoms with Gasteiger partial charge in [0.25, 0.3) is 0 Å². The van der Waals surface area contributed by atoms with Crippen LogP contribution in [0.15, 0.2) is 30.3 Å². The van der Waals surface area contributed by atoms with Crippen LogP contribution in [-0.4, -0.2) is 17.5 Å². The highest BCUT2D eigenvalue weighted by Gasteiger charge is 2.10. The van der Waals surface area contributed by atoms with Crippen molar-refractivity contribution in [3.05, 3.63) is 52.8 Å². The molecule has 0 radical (unpaired) electrons. The van der Waals surface area contributed by atoms with Crippen molar-refractivity contribution >= 4 is 11.6 Å². The largest absolute Gasteiger partial charge is 0.435 e. The van der Waals surface area contributed by atoms with Crippen LogP contribution in [0.2, 0.25) is 0 Å². The Morgan fingerprint density at radius 1 is 1.22 bits per heavy atom. The molecule has 0 aliphatic heterocycles. The smallest absolute Gasteiger partial charge is 0.387 e. The van der Waals surface area contributed by atoms with E-state index in [9.17, 15) is 13.6 Å². The molecule has 0 saturated carbocycles. The van der Waals surface area contributed by atoms with Crippen molar-refractivity contribution in [3.8, 4) is 5.75 Å². The van der Waals surface area contributed by atoms with E-state index in [0.717, 1.165) is 17.0 Å². The maximum atomic E-state index is 12.1. The Bertz CT molecular complexity index is 677. The summed E-state index contributed by atoms with van der Waals surface area (Å²) in [7, 11) is 0. The van der Waals surface area contributed by atoms with Crippen molar-refractivity contribution in [2.45, 2.75) is 33.8 Å². The first-order chi connectivity index (χ1) is 10.8. The summed E-state index contributed by atoms with van der Waals surface area (Å²) in [6.07, 6.45) is 0.141. The van der Waals surface area contributed by atoms with Gasteiger partial charge in [-0.1, -0.05) is 12.1 Å². The van der Waals surface area contributed by atoms with E-state index in [1.807, 2.05) is 26.8 Å². The summed E-state index contributed by atoms with van der Waals surface area (Å²) in [5.74, 6) is -0.122.